The third-order valence-electron chi connectivity index (χ3n) is 4.03. The number of nitrogens with one attached hydrogen (secondary N) is 1. The Hall–Kier alpha value is -1.68. The summed E-state index contributed by atoms with van der Waals surface area (Å²) < 4.78 is 0. The number of rotatable bonds is 3. The molecule has 2 aromatic rings. The standard InChI is InChI=1S/C17H20N2OS/c1-11-7-8-13(9-12(11)2)10-16(20)19-17-18-14-5-3-4-6-15(14)21-17/h7-9H,3-6,10H2,1-2H3,(H,18,19,20). The van der Waals surface area contributed by atoms with Crippen LogP contribution in [0.25, 0.3) is 0 Å². The maximum Gasteiger partial charge on any atom is 0.230 e. The Kier molecular flexibility index (Phi) is 4.06. The van der Waals surface area contributed by atoms with Gasteiger partial charge in [0.1, 0.15) is 0 Å². The van der Waals surface area contributed by atoms with Gasteiger partial charge in [0.2, 0.25) is 5.91 Å². The molecule has 1 aliphatic carbocycles. The van der Waals surface area contributed by atoms with Crippen LogP contribution in [-0.2, 0) is 24.1 Å². The lowest BCUT2D eigenvalue weighted by molar-refractivity contribution is -0.115. The zero-order valence-electron chi connectivity index (χ0n) is 12.5. The minimum Gasteiger partial charge on any atom is -0.302 e. The summed E-state index contributed by atoms with van der Waals surface area (Å²) in [6.07, 6.45) is 5.03. The number of aryl methyl sites for hydroxylation is 4. The molecule has 1 aromatic heterocycles. The Morgan fingerprint density at radius 3 is 2.81 bits per heavy atom. The first-order valence-corrected chi connectivity index (χ1v) is 8.28. The van der Waals surface area contributed by atoms with Crippen LogP contribution >= 0.6 is 11.3 Å². The lowest BCUT2D eigenvalue weighted by Gasteiger charge is -2.06. The number of hydrogen-bond donors (Lipinski definition) is 1. The van der Waals surface area contributed by atoms with Crippen molar-refractivity contribution in [2.75, 3.05) is 5.32 Å². The van der Waals surface area contributed by atoms with Crippen LogP contribution in [0, 0.1) is 13.8 Å². The van der Waals surface area contributed by atoms with E-state index in [1.165, 1.54) is 34.5 Å². The fourth-order valence-corrected chi connectivity index (χ4v) is 3.73. The molecule has 0 saturated heterocycles. The van der Waals surface area contributed by atoms with E-state index >= 15 is 0 Å². The summed E-state index contributed by atoms with van der Waals surface area (Å²) in [7, 11) is 0. The minimum absolute atomic E-state index is 0.0179. The van der Waals surface area contributed by atoms with Crippen molar-refractivity contribution in [3.63, 3.8) is 0 Å². The number of carbonyl (C=O) groups is 1. The summed E-state index contributed by atoms with van der Waals surface area (Å²) >= 11 is 1.64. The molecule has 0 atom stereocenters. The lowest BCUT2D eigenvalue weighted by atomic mass is 10.0. The van der Waals surface area contributed by atoms with Gasteiger partial charge in [0.15, 0.2) is 5.13 Å². The molecule has 1 heterocycles. The highest BCUT2D eigenvalue weighted by molar-refractivity contribution is 7.15. The Labute approximate surface area is 129 Å². The zero-order valence-corrected chi connectivity index (χ0v) is 13.3. The van der Waals surface area contributed by atoms with E-state index in [9.17, 15) is 4.79 Å². The number of thiazole rings is 1. The van der Waals surface area contributed by atoms with E-state index in [2.05, 4.69) is 36.3 Å². The van der Waals surface area contributed by atoms with E-state index in [0.717, 1.165) is 23.5 Å². The van der Waals surface area contributed by atoms with E-state index in [4.69, 9.17) is 0 Å². The predicted molar refractivity (Wildman–Crippen MR) is 87.0 cm³/mol. The minimum atomic E-state index is 0.0179. The van der Waals surface area contributed by atoms with Gasteiger partial charge >= 0.3 is 0 Å². The van der Waals surface area contributed by atoms with Crippen LogP contribution in [0.5, 0.6) is 0 Å². The van der Waals surface area contributed by atoms with Crippen LogP contribution in [0.4, 0.5) is 5.13 Å². The molecule has 0 bridgehead atoms. The van der Waals surface area contributed by atoms with E-state index in [0.29, 0.717) is 6.42 Å². The lowest BCUT2D eigenvalue weighted by Crippen LogP contribution is -2.14. The molecular formula is C17H20N2OS. The predicted octanol–water partition coefficient (Wildman–Crippen LogP) is 3.82. The van der Waals surface area contributed by atoms with Crippen molar-refractivity contribution in [1.29, 1.82) is 0 Å². The molecular weight excluding hydrogens is 280 g/mol. The van der Waals surface area contributed by atoms with Crippen LogP contribution in [0.2, 0.25) is 0 Å². The van der Waals surface area contributed by atoms with Gasteiger partial charge in [-0.1, -0.05) is 18.2 Å². The monoisotopic (exact) mass is 300 g/mol. The highest BCUT2D eigenvalue weighted by Gasteiger charge is 2.16. The first-order valence-electron chi connectivity index (χ1n) is 7.46. The van der Waals surface area contributed by atoms with Crippen molar-refractivity contribution in [2.45, 2.75) is 46.0 Å². The van der Waals surface area contributed by atoms with Gasteiger partial charge in [-0.2, -0.15) is 0 Å². The number of anilines is 1. The molecule has 0 fully saturated rings. The van der Waals surface area contributed by atoms with Crippen molar-refractivity contribution >= 4 is 22.4 Å². The molecule has 0 unspecified atom stereocenters. The first kappa shape index (κ1) is 14.3. The molecule has 0 spiro atoms. The summed E-state index contributed by atoms with van der Waals surface area (Å²) in [6, 6.07) is 6.18. The van der Waals surface area contributed by atoms with E-state index < -0.39 is 0 Å². The van der Waals surface area contributed by atoms with Crippen LogP contribution in [0.1, 0.15) is 40.1 Å². The fraction of sp³-hybridized carbons (Fsp3) is 0.412. The van der Waals surface area contributed by atoms with Gasteiger partial charge in [0.05, 0.1) is 12.1 Å². The zero-order chi connectivity index (χ0) is 14.8. The summed E-state index contributed by atoms with van der Waals surface area (Å²) in [4.78, 5) is 18.0. The summed E-state index contributed by atoms with van der Waals surface area (Å²) in [5.41, 5.74) is 4.72. The maximum absolute atomic E-state index is 12.1. The number of carbonyl (C=O) groups excluding carboxylic acids is 1. The average Bonchev–Trinajstić information content (AvgIpc) is 2.84. The normalized spacial score (nSPS) is 13.8. The van der Waals surface area contributed by atoms with E-state index in [1.807, 2.05) is 6.07 Å². The fourth-order valence-electron chi connectivity index (χ4n) is 2.67. The molecule has 110 valence electrons. The molecule has 1 aliphatic rings. The van der Waals surface area contributed by atoms with E-state index in [1.54, 1.807) is 11.3 Å². The second kappa shape index (κ2) is 5.98. The highest BCUT2D eigenvalue weighted by Crippen LogP contribution is 2.29. The smallest absolute Gasteiger partial charge is 0.230 e. The molecule has 21 heavy (non-hydrogen) atoms. The molecule has 1 amide bonds. The maximum atomic E-state index is 12.1. The van der Waals surface area contributed by atoms with Crippen LogP contribution in [-0.4, -0.2) is 10.9 Å². The number of fused-ring (bicyclic) bond motifs is 1. The Bertz CT molecular complexity index is 652. The molecule has 1 N–H and O–H groups in total. The van der Waals surface area contributed by atoms with Crippen molar-refractivity contribution in [2.24, 2.45) is 0 Å². The van der Waals surface area contributed by atoms with Gasteiger partial charge < -0.3 is 5.32 Å². The molecule has 0 aliphatic heterocycles. The third-order valence-corrected chi connectivity index (χ3v) is 5.10. The number of nitrogens with zero attached hydrogens (tertiary/aromatic N) is 1. The topological polar surface area (TPSA) is 42.0 Å². The summed E-state index contributed by atoms with van der Waals surface area (Å²) in [5, 5.41) is 3.71. The van der Waals surface area contributed by atoms with Gasteiger partial charge in [-0.3, -0.25) is 4.79 Å². The average molecular weight is 300 g/mol. The second-order valence-electron chi connectivity index (χ2n) is 5.74. The van der Waals surface area contributed by atoms with Crippen LogP contribution in [0.15, 0.2) is 18.2 Å². The number of hydrogen-bond acceptors (Lipinski definition) is 3. The molecule has 3 nitrogen and oxygen atoms in total. The molecule has 1 aromatic carbocycles. The van der Waals surface area contributed by atoms with Crippen LogP contribution < -0.4 is 5.32 Å². The number of amides is 1. The van der Waals surface area contributed by atoms with Gasteiger partial charge in [-0.05, 0) is 56.2 Å². The number of aromatic nitrogens is 1. The summed E-state index contributed by atoms with van der Waals surface area (Å²) in [5.74, 6) is 0.0179. The van der Waals surface area contributed by atoms with Gasteiger partial charge in [-0.15, -0.1) is 11.3 Å². The van der Waals surface area contributed by atoms with Gasteiger partial charge in [0.25, 0.3) is 0 Å². The van der Waals surface area contributed by atoms with Crippen molar-refractivity contribution in [3.05, 3.63) is 45.5 Å². The molecule has 3 rings (SSSR count). The SMILES string of the molecule is Cc1ccc(CC(=O)Nc2nc3c(s2)CCCC3)cc1C. The summed E-state index contributed by atoms with van der Waals surface area (Å²) in [6.45, 7) is 4.16. The van der Waals surface area contributed by atoms with Crippen molar-refractivity contribution in [3.8, 4) is 0 Å². The van der Waals surface area contributed by atoms with Crippen molar-refractivity contribution in [1.82, 2.24) is 4.98 Å². The molecule has 0 saturated carbocycles. The third kappa shape index (κ3) is 3.32. The largest absolute Gasteiger partial charge is 0.302 e. The van der Waals surface area contributed by atoms with Crippen LogP contribution in [0.3, 0.4) is 0 Å². The van der Waals surface area contributed by atoms with E-state index in [-0.39, 0.29) is 5.91 Å². The second-order valence-corrected chi connectivity index (χ2v) is 6.82. The Morgan fingerprint density at radius 2 is 2.05 bits per heavy atom. The highest BCUT2D eigenvalue weighted by atomic mass is 32.1. The Morgan fingerprint density at radius 1 is 1.24 bits per heavy atom. The molecule has 0 radical (unpaired) electrons. The van der Waals surface area contributed by atoms with Gasteiger partial charge in [0, 0.05) is 4.88 Å². The number of benzene rings is 1. The quantitative estimate of drug-likeness (QED) is 0.936. The Balaban J connectivity index is 1.66. The first-order chi connectivity index (χ1) is 10.1. The molecule has 4 heteroatoms. The van der Waals surface area contributed by atoms with Crippen molar-refractivity contribution < 1.29 is 4.79 Å². The van der Waals surface area contributed by atoms with Gasteiger partial charge in [-0.25, -0.2) is 4.98 Å².